The maximum absolute atomic E-state index is 12.5. The van der Waals surface area contributed by atoms with E-state index in [0.29, 0.717) is 23.0 Å². The van der Waals surface area contributed by atoms with Gasteiger partial charge in [0.1, 0.15) is 11.6 Å². The summed E-state index contributed by atoms with van der Waals surface area (Å²) in [7, 11) is 1.47. The first kappa shape index (κ1) is 22.3. The molecule has 0 unspecified atom stereocenters. The number of esters is 1. The minimum Gasteiger partial charge on any atom is -0.493 e. The van der Waals surface area contributed by atoms with Crippen LogP contribution in [0.15, 0.2) is 23.8 Å². The van der Waals surface area contributed by atoms with E-state index in [-0.39, 0.29) is 30.7 Å². The highest BCUT2D eigenvalue weighted by molar-refractivity contribution is 6.01. The van der Waals surface area contributed by atoms with Gasteiger partial charge in [-0.15, -0.1) is 0 Å². The maximum Gasteiger partial charge on any atom is 0.344 e. The fraction of sp³-hybridized carbons (Fsp3) is 0.500. The number of nitrogens with one attached hydrogen (secondary N) is 1. The summed E-state index contributed by atoms with van der Waals surface area (Å²) in [6.07, 6.45) is 5.80. The molecule has 1 N–H and O–H groups in total. The molecule has 0 bridgehead atoms. The Bertz CT molecular complexity index is 797. The molecule has 156 valence electrons. The molecule has 2 atom stereocenters. The third kappa shape index (κ3) is 6.53. The second kappa shape index (κ2) is 11.1. The molecule has 0 heterocycles. The Morgan fingerprint density at radius 1 is 1.28 bits per heavy atom. The van der Waals surface area contributed by atoms with Gasteiger partial charge < -0.3 is 19.5 Å². The Hall–Kier alpha value is -3.01. The van der Waals surface area contributed by atoms with E-state index in [4.69, 9.17) is 14.2 Å². The molecule has 1 fully saturated rings. The molecule has 0 aliphatic heterocycles. The lowest BCUT2D eigenvalue weighted by atomic mass is 9.86. The van der Waals surface area contributed by atoms with Crippen molar-refractivity contribution in [2.24, 2.45) is 5.92 Å². The number of carbonyl (C=O) groups excluding carboxylic acids is 2. The summed E-state index contributed by atoms with van der Waals surface area (Å²) >= 11 is 0. The molecule has 1 aromatic carbocycles. The van der Waals surface area contributed by atoms with Crippen LogP contribution in [0.3, 0.4) is 0 Å². The second-order valence-corrected chi connectivity index (χ2v) is 7.02. The number of nitriles is 1. The molecule has 1 amide bonds. The lowest BCUT2D eigenvalue weighted by Gasteiger charge is -2.29. The predicted molar refractivity (Wildman–Crippen MR) is 108 cm³/mol. The van der Waals surface area contributed by atoms with Crippen LogP contribution in [-0.2, 0) is 14.3 Å². The lowest BCUT2D eigenvalue weighted by molar-refractivity contribution is -0.145. The SMILES string of the molecule is CCOC(=O)COc1ccc(/C=C(\C#N)C(=O)N[C@H]2CCCC[C@@H]2C)cc1OC. The minimum absolute atomic E-state index is 0.0324. The Kier molecular flexibility index (Phi) is 8.53. The van der Waals surface area contributed by atoms with E-state index in [2.05, 4.69) is 12.2 Å². The summed E-state index contributed by atoms with van der Waals surface area (Å²) in [5, 5.41) is 12.4. The molecular weight excluding hydrogens is 372 g/mol. The van der Waals surface area contributed by atoms with Crippen molar-refractivity contribution in [3.63, 3.8) is 0 Å². The van der Waals surface area contributed by atoms with Crippen LogP contribution >= 0.6 is 0 Å². The number of carbonyl (C=O) groups is 2. The zero-order valence-electron chi connectivity index (χ0n) is 17.2. The highest BCUT2D eigenvalue weighted by Gasteiger charge is 2.24. The molecule has 1 aliphatic carbocycles. The van der Waals surface area contributed by atoms with E-state index in [0.717, 1.165) is 19.3 Å². The van der Waals surface area contributed by atoms with Gasteiger partial charge in [0.05, 0.1) is 13.7 Å². The molecule has 1 aliphatic rings. The number of hydrogen-bond donors (Lipinski definition) is 1. The Balaban J connectivity index is 2.10. The summed E-state index contributed by atoms with van der Waals surface area (Å²) in [6, 6.07) is 7.04. The molecule has 7 heteroatoms. The number of benzene rings is 1. The van der Waals surface area contributed by atoms with Crippen molar-refractivity contribution in [2.75, 3.05) is 20.3 Å². The van der Waals surface area contributed by atoms with Crippen LogP contribution in [0.25, 0.3) is 6.08 Å². The van der Waals surface area contributed by atoms with Gasteiger partial charge in [-0.2, -0.15) is 5.26 Å². The van der Waals surface area contributed by atoms with Crippen LogP contribution in [0.1, 0.15) is 45.1 Å². The first-order chi connectivity index (χ1) is 14.0. The van der Waals surface area contributed by atoms with Crippen LogP contribution in [0, 0.1) is 17.2 Å². The average Bonchev–Trinajstić information content (AvgIpc) is 2.72. The first-order valence-corrected chi connectivity index (χ1v) is 9.87. The van der Waals surface area contributed by atoms with Gasteiger partial charge in [-0.3, -0.25) is 4.79 Å². The first-order valence-electron chi connectivity index (χ1n) is 9.87. The quantitative estimate of drug-likeness (QED) is 0.409. The third-order valence-corrected chi connectivity index (χ3v) is 4.94. The van der Waals surface area contributed by atoms with Gasteiger partial charge in [0.25, 0.3) is 5.91 Å². The molecule has 1 aromatic rings. The van der Waals surface area contributed by atoms with Crippen molar-refractivity contribution in [2.45, 2.75) is 45.6 Å². The normalized spacial score (nSPS) is 19.0. The zero-order chi connectivity index (χ0) is 21.2. The number of rotatable bonds is 8. The van der Waals surface area contributed by atoms with Crippen molar-refractivity contribution in [1.29, 1.82) is 5.26 Å². The fourth-order valence-corrected chi connectivity index (χ4v) is 3.32. The van der Waals surface area contributed by atoms with Crippen LogP contribution in [0.5, 0.6) is 11.5 Å². The van der Waals surface area contributed by atoms with E-state index < -0.39 is 5.97 Å². The van der Waals surface area contributed by atoms with E-state index >= 15 is 0 Å². The zero-order valence-corrected chi connectivity index (χ0v) is 17.2. The summed E-state index contributed by atoms with van der Waals surface area (Å²) < 4.78 is 15.6. The monoisotopic (exact) mass is 400 g/mol. The molecule has 1 saturated carbocycles. The highest BCUT2D eigenvalue weighted by atomic mass is 16.6. The van der Waals surface area contributed by atoms with Crippen molar-refractivity contribution in [3.8, 4) is 17.6 Å². The molecule has 7 nitrogen and oxygen atoms in total. The van der Waals surface area contributed by atoms with Gasteiger partial charge in [0.15, 0.2) is 18.1 Å². The standard InChI is InChI=1S/C22H28N2O5/c1-4-28-21(25)14-29-19-10-9-16(12-20(19)27-3)11-17(13-23)22(26)24-18-8-6-5-7-15(18)2/h9-12,15,18H,4-8,14H2,1-3H3,(H,24,26)/b17-11+/t15-,18-/m0/s1. The largest absolute Gasteiger partial charge is 0.493 e. The van der Waals surface area contributed by atoms with Gasteiger partial charge in [-0.1, -0.05) is 25.8 Å². The third-order valence-electron chi connectivity index (χ3n) is 4.94. The highest BCUT2D eigenvalue weighted by Crippen LogP contribution is 2.29. The maximum atomic E-state index is 12.5. The number of methoxy groups -OCH3 is 1. The molecule has 0 aromatic heterocycles. The van der Waals surface area contributed by atoms with Crippen LogP contribution < -0.4 is 14.8 Å². The minimum atomic E-state index is -0.473. The molecule has 0 spiro atoms. The smallest absolute Gasteiger partial charge is 0.344 e. The number of nitrogens with zero attached hydrogens (tertiary/aromatic N) is 1. The van der Waals surface area contributed by atoms with E-state index in [1.807, 2.05) is 6.07 Å². The van der Waals surface area contributed by atoms with Crippen molar-refractivity contribution < 1.29 is 23.8 Å². The Morgan fingerprint density at radius 2 is 2.03 bits per heavy atom. The number of amides is 1. The average molecular weight is 400 g/mol. The molecule has 0 radical (unpaired) electrons. The summed E-state index contributed by atoms with van der Waals surface area (Å²) in [6.45, 7) is 3.89. The summed E-state index contributed by atoms with van der Waals surface area (Å²) in [4.78, 5) is 24.0. The molecule has 29 heavy (non-hydrogen) atoms. The molecule has 2 rings (SSSR count). The second-order valence-electron chi connectivity index (χ2n) is 7.02. The lowest BCUT2D eigenvalue weighted by Crippen LogP contribution is -2.41. The van der Waals surface area contributed by atoms with Crippen LogP contribution in [0.2, 0.25) is 0 Å². The number of ether oxygens (including phenoxy) is 3. The van der Waals surface area contributed by atoms with Gasteiger partial charge in [0.2, 0.25) is 0 Å². The van der Waals surface area contributed by atoms with Gasteiger partial charge >= 0.3 is 5.97 Å². The van der Waals surface area contributed by atoms with Crippen molar-refractivity contribution in [1.82, 2.24) is 5.32 Å². The predicted octanol–water partition coefficient (Wildman–Crippen LogP) is 3.24. The van der Waals surface area contributed by atoms with E-state index in [1.54, 1.807) is 25.1 Å². The molecule has 0 saturated heterocycles. The van der Waals surface area contributed by atoms with Crippen molar-refractivity contribution in [3.05, 3.63) is 29.3 Å². The van der Waals surface area contributed by atoms with Crippen LogP contribution in [-0.4, -0.2) is 38.2 Å². The Labute approximate surface area is 171 Å². The number of hydrogen-bond acceptors (Lipinski definition) is 6. The van der Waals surface area contributed by atoms with E-state index in [9.17, 15) is 14.9 Å². The summed E-state index contributed by atoms with van der Waals surface area (Å²) in [5.41, 5.74) is 0.652. The van der Waals surface area contributed by atoms with Crippen LogP contribution in [0.4, 0.5) is 0 Å². The van der Waals surface area contributed by atoms with Gasteiger partial charge in [-0.25, -0.2) is 4.79 Å². The fourth-order valence-electron chi connectivity index (χ4n) is 3.32. The Morgan fingerprint density at radius 3 is 2.69 bits per heavy atom. The topological polar surface area (TPSA) is 97.7 Å². The van der Waals surface area contributed by atoms with Gasteiger partial charge in [-0.05, 0) is 49.5 Å². The van der Waals surface area contributed by atoms with Gasteiger partial charge in [0, 0.05) is 6.04 Å². The molecular formula is C22H28N2O5. The van der Waals surface area contributed by atoms with Crippen molar-refractivity contribution >= 4 is 18.0 Å². The van der Waals surface area contributed by atoms with E-state index in [1.165, 1.54) is 19.6 Å². The summed E-state index contributed by atoms with van der Waals surface area (Å²) in [5.74, 6) is 0.327.